The van der Waals surface area contributed by atoms with Gasteiger partial charge in [0, 0.05) is 93.3 Å². The Morgan fingerprint density at radius 3 is 1.03 bits per heavy atom. The summed E-state index contributed by atoms with van der Waals surface area (Å²) in [6, 6.07) is 0. The largest absolute Gasteiger partial charge is 0.463 e. The molecule has 0 aromatic rings. The normalized spacial score (nSPS) is 28.4. The Kier molecular flexibility index (Phi) is 16.8. The zero-order valence-corrected chi connectivity index (χ0v) is 34.3. The molecule has 60 heavy (non-hydrogen) atoms. The molecule has 0 spiro atoms. The van der Waals surface area contributed by atoms with Crippen LogP contribution in [0, 0.1) is 0 Å². The van der Waals surface area contributed by atoms with E-state index in [0.717, 1.165) is 55.4 Å². The van der Waals surface area contributed by atoms with E-state index in [4.69, 9.17) is 57.0 Å². The standard InChI is InChI=1S/C36H50N4O20/c1-19(41)49-15-27-29(51-21(3)43)31(53-23(5)45)33(55-25(7)47)35(57-27)59-39-13-11-37(17-39)9-10-38-12-14-40(18-38)60-36-34(56-26(8)48)32(54-24(6)46)30(52-22(4)44)28(58-36)16-50-20(2)42/h11-14,27-36H,9-10,15-18H2,1-8H3/t27-,28-,29-,30-,31+,32+,33-,34-,35+,36+/m1/s1. The van der Waals surface area contributed by atoms with Crippen molar-refractivity contribution in [2.45, 2.75) is 117 Å². The first-order valence-corrected chi connectivity index (χ1v) is 18.6. The Labute approximate surface area is 344 Å². The van der Waals surface area contributed by atoms with Gasteiger partial charge in [0.05, 0.1) is 0 Å². The Balaban J connectivity index is 1.40. The van der Waals surface area contributed by atoms with Crippen LogP contribution >= 0.6 is 0 Å². The number of nitrogens with zero attached hydrogens (tertiary/aromatic N) is 4. The molecule has 4 aliphatic heterocycles. The summed E-state index contributed by atoms with van der Waals surface area (Å²) in [4.78, 5) is 112. The quantitative estimate of drug-likeness (QED) is 0.127. The summed E-state index contributed by atoms with van der Waals surface area (Å²) < 4.78 is 54.9. The fourth-order valence-electron chi connectivity index (χ4n) is 6.38. The van der Waals surface area contributed by atoms with Crippen molar-refractivity contribution in [3.8, 4) is 0 Å². The molecule has 334 valence electrons. The first-order chi connectivity index (χ1) is 28.3. The number of ether oxygens (including phenoxy) is 10. The molecule has 10 atom stereocenters. The molecule has 24 nitrogen and oxygen atoms in total. The van der Waals surface area contributed by atoms with Crippen molar-refractivity contribution in [1.29, 1.82) is 0 Å². The lowest BCUT2D eigenvalue weighted by Crippen LogP contribution is -2.63. The van der Waals surface area contributed by atoms with Crippen LogP contribution in [-0.4, -0.2) is 169 Å². The summed E-state index contributed by atoms with van der Waals surface area (Å²) in [7, 11) is 0. The van der Waals surface area contributed by atoms with Gasteiger partial charge in [-0.15, -0.1) is 0 Å². The fourth-order valence-corrected chi connectivity index (χ4v) is 6.38. The molecule has 0 aromatic heterocycles. The van der Waals surface area contributed by atoms with E-state index < -0.39 is 122 Å². The molecule has 24 heteroatoms. The highest BCUT2D eigenvalue weighted by Crippen LogP contribution is 2.33. The maximum absolute atomic E-state index is 12.2. The predicted octanol–water partition coefficient (Wildman–Crippen LogP) is -0.892. The third kappa shape index (κ3) is 13.9. The molecule has 4 heterocycles. The van der Waals surface area contributed by atoms with Crippen molar-refractivity contribution in [2.75, 3.05) is 39.6 Å². The Hall–Kier alpha value is -5.72. The van der Waals surface area contributed by atoms with Gasteiger partial charge in [-0.05, 0) is 0 Å². The van der Waals surface area contributed by atoms with Crippen LogP contribution in [0.15, 0.2) is 24.8 Å². The van der Waals surface area contributed by atoms with E-state index in [2.05, 4.69) is 0 Å². The maximum atomic E-state index is 12.2. The van der Waals surface area contributed by atoms with Crippen molar-refractivity contribution in [1.82, 2.24) is 19.9 Å². The number of hydroxylamine groups is 4. The van der Waals surface area contributed by atoms with Gasteiger partial charge < -0.3 is 57.2 Å². The summed E-state index contributed by atoms with van der Waals surface area (Å²) in [5, 5.41) is 2.72. The van der Waals surface area contributed by atoms with Crippen LogP contribution in [0.4, 0.5) is 0 Å². The molecule has 2 saturated heterocycles. The van der Waals surface area contributed by atoms with E-state index in [9.17, 15) is 38.4 Å². The van der Waals surface area contributed by atoms with Gasteiger partial charge in [-0.3, -0.25) is 38.4 Å². The highest BCUT2D eigenvalue weighted by atomic mass is 16.8. The molecule has 4 aliphatic rings. The number of rotatable bonds is 17. The maximum Gasteiger partial charge on any atom is 0.303 e. The summed E-state index contributed by atoms with van der Waals surface area (Å²) >= 11 is 0. The second kappa shape index (κ2) is 21.5. The minimum atomic E-state index is -1.43. The molecular weight excluding hydrogens is 808 g/mol. The second-order valence-corrected chi connectivity index (χ2v) is 13.7. The minimum absolute atomic E-state index is 0.134. The summed E-state index contributed by atoms with van der Waals surface area (Å²) in [6.45, 7) is 9.27. The van der Waals surface area contributed by atoms with Gasteiger partial charge in [-0.1, -0.05) is 0 Å². The molecule has 0 radical (unpaired) electrons. The van der Waals surface area contributed by atoms with Gasteiger partial charge in [0.25, 0.3) is 0 Å². The molecule has 0 aromatic carbocycles. The smallest absolute Gasteiger partial charge is 0.303 e. The Morgan fingerprint density at radius 1 is 0.433 bits per heavy atom. The van der Waals surface area contributed by atoms with E-state index in [1.165, 1.54) is 10.1 Å². The first-order valence-electron chi connectivity index (χ1n) is 18.6. The van der Waals surface area contributed by atoms with Crippen LogP contribution in [0.2, 0.25) is 0 Å². The Bertz CT molecular complexity index is 1540. The second-order valence-electron chi connectivity index (χ2n) is 13.7. The highest BCUT2D eigenvalue weighted by Gasteiger charge is 2.55. The van der Waals surface area contributed by atoms with E-state index in [1.807, 2.05) is 9.80 Å². The minimum Gasteiger partial charge on any atom is -0.463 e. The third-order valence-corrected chi connectivity index (χ3v) is 8.58. The van der Waals surface area contributed by atoms with Crippen LogP contribution in [0.3, 0.4) is 0 Å². The highest BCUT2D eigenvalue weighted by molar-refractivity contribution is 5.70. The summed E-state index contributed by atoms with van der Waals surface area (Å²) in [6.07, 6.45) is -7.06. The lowest BCUT2D eigenvalue weighted by atomic mass is 9.98. The van der Waals surface area contributed by atoms with Gasteiger partial charge in [0.2, 0.25) is 12.6 Å². The van der Waals surface area contributed by atoms with Crippen molar-refractivity contribution >= 4 is 47.8 Å². The topological polar surface area (TPSA) is 260 Å². The average Bonchev–Trinajstić information content (AvgIpc) is 3.78. The molecular formula is C36H50N4O20. The number of hydrogen-bond acceptors (Lipinski definition) is 24. The zero-order valence-electron chi connectivity index (χ0n) is 34.3. The van der Waals surface area contributed by atoms with Crippen LogP contribution in [0.1, 0.15) is 55.4 Å². The molecule has 0 amide bonds. The predicted molar refractivity (Wildman–Crippen MR) is 191 cm³/mol. The SMILES string of the molecule is CC(=O)OC[C@H]1O[C@@H](ON2C=CN(CCN3C=CN(O[C@@H]4O[C@H](COC(C)=O)[C@@H](OC(C)=O)[C@H](OC(C)=O)[C@H]4OC(C)=O)C3)C2)[C@H](OC(C)=O)[C@@H](OC(C)=O)[C@@H]1OC(C)=O. The number of carbonyl (C=O) groups is 8. The van der Waals surface area contributed by atoms with Gasteiger partial charge >= 0.3 is 47.8 Å². The molecule has 0 saturated carbocycles. The first kappa shape index (κ1) is 47.0. The van der Waals surface area contributed by atoms with E-state index in [-0.39, 0.29) is 13.3 Å². The third-order valence-electron chi connectivity index (χ3n) is 8.58. The van der Waals surface area contributed by atoms with Crippen LogP contribution in [0.25, 0.3) is 0 Å². The number of carbonyl (C=O) groups excluding carboxylic acids is 8. The van der Waals surface area contributed by atoms with E-state index >= 15 is 0 Å². The molecule has 0 unspecified atom stereocenters. The van der Waals surface area contributed by atoms with Crippen molar-refractivity contribution < 1.29 is 95.4 Å². The van der Waals surface area contributed by atoms with E-state index in [0.29, 0.717) is 13.1 Å². The number of hydrogen-bond donors (Lipinski definition) is 0. The van der Waals surface area contributed by atoms with Crippen LogP contribution in [-0.2, 0) is 95.4 Å². The van der Waals surface area contributed by atoms with Crippen LogP contribution in [0.5, 0.6) is 0 Å². The molecule has 4 rings (SSSR count). The van der Waals surface area contributed by atoms with Crippen molar-refractivity contribution in [3.63, 3.8) is 0 Å². The molecule has 0 aliphatic carbocycles. The fraction of sp³-hybridized carbons (Fsp3) is 0.667. The molecule has 0 N–H and O–H groups in total. The van der Waals surface area contributed by atoms with Gasteiger partial charge in [0.15, 0.2) is 36.6 Å². The van der Waals surface area contributed by atoms with Gasteiger partial charge in [-0.25, -0.2) is 19.8 Å². The summed E-state index contributed by atoms with van der Waals surface area (Å²) in [5.74, 6) is -5.99. The molecule has 0 bridgehead atoms. The lowest BCUT2D eigenvalue weighted by Gasteiger charge is -2.44. The average molecular weight is 859 g/mol. The lowest BCUT2D eigenvalue weighted by molar-refractivity contribution is -0.355. The van der Waals surface area contributed by atoms with Gasteiger partial charge in [-0.2, -0.15) is 0 Å². The van der Waals surface area contributed by atoms with Crippen LogP contribution < -0.4 is 0 Å². The number of esters is 8. The van der Waals surface area contributed by atoms with Gasteiger partial charge in [0.1, 0.15) is 38.8 Å². The summed E-state index contributed by atoms with van der Waals surface area (Å²) in [5.41, 5.74) is 0. The molecule has 2 fully saturated rings. The Morgan fingerprint density at radius 2 is 0.733 bits per heavy atom. The van der Waals surface area contributed by atoms with Crippen molar-refractivity contribution in [3.05, 3.63) is 24.8 Å². The van der Waals surface area contributed by atoms with E-state index in [1.54, 1.807) is 24.8 Å². The zero-order chi connectivity index (χ0) is 44.3. The monoisotopic (exact) mass is 858 g/mol. The van der Waals surface area contributed by atoms with Crippen molar-refractivity contribution in [2.24, 2.45) is 0 Å².